The Kier molecular flexibility index (Phi) is 9.49. The van der Waals surface area contributed by atoms with E-state index >= 15 is 0 Å². The van der Waals surface area contributed by atoms with Crippen LogP contribution in [0.15, 0.2) is 61.1 Å². The summed E-state index contributed by atoms with van der Waals surface area (Å²) in [6.07, 6.45) is 16.5. The van der Waals surface area contributed by atoms with Gasteiger partial charge in [-0.15, -0.1) is 0 Å². The van der Waals surface area contributed by atoms with Crippen molar-refractivity contribution < 1.29 is 14.2 Å². The number of hydrogen-bond donors (Lipinski definition) is 0. The van der Waals surface area contributed by atoms with Crippen LogP contribution in [0.2, 0.25) is 0 Å². The summed E-state index contributed by atoms with van der Waals surface area (Å²) in [7, 11) is -5.28. The molecule has 2 aliphatic carbocycles. The Morgan fingerprint density at radius 2 is 1.07 bits per heavy atom. The van der Waals surface area contributed by atoms with Crippen LogP contribution < -0.4 is 0 Å². The first kappa shape index (κ1) is 30.3. The van der Waals surface area contributed by atoms with Crippen molar-refractivity contribution >= 4 is 33.0 Å². The largest absolute Gasteiger partial charge is 0.379 e. The summed E-state index contributed by atoms with van der Waals surface area (Å²) in [5, 5.41) is 0. The van der Waals surface area contributed by atoms with Gasteiger partial charge in [0.1, 0.15) is 0 Å². The molecule has 0 aromatic rings. The van der Waals surface area contributed by atoms with Crippen molar-refractivity contribution in [3.05, 3.63) is 47.6 Å². The molecule has 7 aliphatic rings. The van der Waals surface area contributed by atoms with Crippen LogP contribution in [0.25, 0.3) is 0 Å². The molecule has 0 bridgehead atoms. The number of rotatable bonds is 7. The standard InChI is InChI=1S/C27H44ClN8O3P3/c28-40(32-12-18-37-19-13-32)29-41(33-14-20-38-21-15-33,34-16-22-39-23-17-34)31-42(30-40)35(24-26-6-1-2-7-26)10-5-11-36(42)25-27-8-3-4-9-27/h1-4,6,8H,5,7,9-25H2. The lowest BCUT2D eigenvalue weighted by Crippen LogP contribution is -2.45. The predicted molar refractivity (Wildman–Crippen MR) is 173 cm³/mol. The van der Waals surface area contributed by atoms with E-state index in [9.17, 15) is 0 Å². The van der Waals surface area contributed by atoms with E-state index < -0.39 is 21.7 Å². The first-order valence-corrected chi connectivity index (χ1v) is 21.2. The average molecular weight is 657 g/mol. The van der Waals surface area contributed by atoms with Gasteiger partial charge in [0.25, 0.3) is 0 Å². The van der Waals surface area contributed by atoms with Crippen molar-refractivity contribution in [3.8, 4) is 0 Å². The third kappa shape index (κ3) is 5.95. The van der Waals surface area contributed by atoms with Gasteiger partial charge in [-0.25, -0.2) is 23.4 Å². The smallest absolute Gasteiger partial charge is 0.239 e. The molecular weight excluding hydrogens is 613 g/mol. The lowest BCUT2D eigenvalue weighted by molar-refractivity contribution is 0.0567. The minimum absolute atomic E-state index is 0.660. The molecule has 1 unspecified atom stereocenters. The van der Waals surface area contributed by atoms with Crippen molar-refractivity contribution in [1.82, 2.24) is 23.4 Å². The number of ether oxygens (including phenoxy) is 3. The van der Waals surface area contributed by atoms with Crippen LogP contribution in [-0.4, -0.2) is 128 Å². The molecular formula is C27H44ClN8O3P3. The zero-order valence-corrected chi connectivity index (χ0v) is 27.9. The highest BCUT2D eigenvalue weighted by Crippen LogP contribution is 2.84. The molecule has 1 atom stereocenters. The third-order valence-corrected chi connectivity index (χ3v) is 22.0. The van der Waals surface area contributed by atoms with Gasteiger partial charge in [-0.1, -0.05) is 47.6 Å². The van der Waals surface area contributed by atoms with Crippen molar-refractivity contribution in [2.24, 2.45) is 13.5 Å². The van der Waals surface area contributed by atoms with E-state index in [1.807, 2.05) is 0 Å². The minimum atomic E-state index is -2.83. The SMILES string of the molecule is ClP1(N2CCOCC2)=NP(N2CCOCC2)(N2CCOCC2)=NP2(=N1)N(CC1=CC=CC1)CCCN2CC1=CC=CC1. The Balaban J connectivity index is 1.46. The number of halogens is 1. The minimum Gasteiger partial charge on any atom is -0.379 e. The summed E-state index contributed by atoms with van der Waals surface area (Å²) in [6, 6.07) is 0. The molecule has 0 aromatic heterocycles. The van der Waals surface area contributed by atoms with Crippen molar-refractivity contribution in [2.75, 3.05) is 105 Å². The quantitative estimate of drug-likeness (QED) is 0.316. The molecule has 7 rings (SSSR count). The molecule has 0 N–H and O–H groups in total. The molecule has 4 fully saturated rings. The van der Waals surface area contributed by atoms with Crippen LogP contribution in [0.3, 0.4) is 0 Å². The molecule has 5 aliphatic heterocycles. The lowest BCUT2D eigenvalue weighted by atomic mass is 10.2. The predicted octanol–water partition coefficient (Wildman–Crippen LogP) is 5.85. The number of nitrogens with zero attached hydrogens (tertiary/aromatic N) is 8. The first-order valence-electron chi connectivity index (χ1n) is 15.4. The molecule has 232 valence electrons. The second-order valence-corrected chi connectivity index (χ2v) is 21.1. The summed E-state index contributed by atoms with van der Waals surface area (Å²) in [5.41, 5.74) is 2.86. The molecule has 0 radical (unpaired) electrons. The van der Waals surface area contributed by atoms with E-state index in [1.165, 1.54) is 11.1 Å². The Labute approximate surface area is 255 Å². The Hall–Kier alpha value is -0.380. The number of allylic oxidation sites excluding steroid dienone is 6. The molecule has 5 heterocycles. The van der Waals surface area contributed by atoms with Crippen LogP contribution in [0.1, 0.15) is 19.3 Å². The van der Waals surface area contributed by atoms with Gasteiger partial charge in [0.05, 0.1) is 39.6 Å². The maximum atomic E-state index is 7.98. The molecule has 42 heavy (non-hydrogen) atoms. The topological polar surface area (TPSA) is 81.0 Å². The van der Waals surface area contributed by atoms with Crippen LogP contribution in [-0.2, 0) is 14.2 Å². The summed E-state index contributed by atoms with van der Waals surface area (Å²) in [6.45, 7) is 9.66. The maximum Gasteiger partial charge on any atom is 0.239 e. The highest BCUT2D eigenvalue weighted by Gasteiger charge is 2.51. The second-order valence-electron chi connectivity index (χ2n) is 11.6. The molecule has 15 heteroatoms. The monoisotopic (exact) mass is 656 g/mol. The fourth-order valence-corrected chi connectivity index (χ4v) is 22.7. The van der Waals surface area contributed by atoms with Gasteiger partial charge in [-0.2, -0.15) is 13.5 Å². The summed E-state index contributed by atoms with van der Waals surface area (Å²) < 4.78 is 48.1. The first-order chi connectivity index (χ1) is 20.6. The van der Waals surface area contributed by atoms with Gasteiger partial charge in [-0.3, -0.25) is 0 Å². The van der Waals surface area contributed by atoms with E-state index in [4.69, 9.17) is 39.0 Å². The fourth-order valence-electron chi connectivity index (χ4n) is 6.63. The van der Waals surface area contributed by atoms with Gasteiger partial charge in [0.15, 0.2) is 0 Å². The highest BCUT2D eigenvalue weighted by molar-refractivity contribution is 7.96. The van der Waals surface area contributed by atoms with Crippen molar-refractivity contribution in [3.63, 3.8) is 0 Å². The summed E-state index contributed by atoms with van der Waals surface area (Å²) in [5.74, 6) is 0. The molecule has 1 spiro atoms. The van der Waals surface area contributed by atoms with E-state index in [0.29, 0.717) is 39.6 Å². The van der Waals surface area contributed by atoms with Gasteiger partial charge in [0, 0.05) is 65.4 Å². The molecule has 4 saturated heterocycles. The number of morpholine rings is 3. The Morgan fingerprint density at radius 3 is 1.52 bits per heavy atom. The van der Waals surface area contributed by atoms with E-state index in [-0.39, 0.29) is 0 Å². The Morgan fingerprint density at radius 1 is 0.595 bits per heavy atom. The summed E-state index contributed by atoms with van der Waals surface area (Å²) >= 11 is 7.98. The highest BCUT2D eigenvalue weighted by atomic mass is 35.7. The number of hydrogen-bond acceptors (Lipinski definition) is 11. The van der Waals surface area contributed by atoms with Crippen molar-refractivity contribution in [2.45, 2.75) is 19.3 Å². The molecule has 11 nitrogen and oxygen atoms in total. The molecule has 0 saturated carbocycles. The van der Waals surface area contributed by atoms with Gasteiger partial charge in [0.2, 0.25) is 21.7 Å². The van der Waals surface area contributed by atoms with Gasteiger partial charge < -0.3 is 14.2 Å². The van der Waals surface area contributed by atoms with Crippen LogP contribution in [0.5, 0.6) is 0 Å². The zero-order valence-electron chi connectivity index (χ0n) is 24.4. The summed E-state index contributed by atoms with van der Waals surface area (Å²) in [4.78, 5) is 0. The molecule has 0 aromatic carbocycles. The average Bonchev–Trinajstić information content (AvgIpc) is 3.75. The van der Waals surface area contributed by atoms with E-state index in [1.54, 1.807) is 0 Å². The lowest BCUT2D eigenvalue weighted by Gasteiger charge is -2.53. The molecule has 0 amide bonds. The normalized spacial score (nSPS) is 32.8. The van der Waals surface area contributed by atoms with E-state index in [2.05, 4.69) is 59.8 Å². The van der Waals surface area contributed by atoms with Crippen molar-refractivity contribution in [1.29, 1.82) is 0 Å². The van der Waals surface area contributed by atoms with Gasteiger partial charge in [-0.05, 0) is 30.5 Å². The zero-order chi connectivity index (χ0) is 28.5. The second kappa shape index (κ2) is 13.2. The van der Waals surface area contributed by atoms with Crippen LogP contribution in [0, 0.1) is 0 Å². The van der Waals surface area contributed by atoms with Crippen LogP contribution in [0.4, 0.5) is 0 Å². The Bertz CT molecular complexity index is 1250. The van der Waals surface area contributed by atoms with Gasteiger partial charge >= 0.3 is 0 Å². The fraction of sp³-hybridized carbons (Fsp3) is 0.704. The maximum absolute atomic E-state index is 7.98. The van der Waals surface area contributed by atoms with Crippen LogP contribution >= 0.6 is 33.0 Å². The van der Waals surface area contributed by atoms with E-state index in [0.717, 1.165) is 84.7 Å². The third-order valence-electron chi connectivity index (χ3n) is 8.85.